The number of rotatable bonds is 6. The fourth-order valence-electron chi connectivity index (χ4n) is 3.86. The van der Waals surface area contributed by atoms with E-state index in [1.807, 2.05) is 48.5 Å². The summed E-state index contributed by atoms with van der Waals surface area (Å²) in [7, 11) is 0. The van der Waals surface area contributed by atoms with E-state index in [-0.39, 0.29) is 17.5 Å². The molecule has 3 aromatic carbocycles. The van der Waals surface area contributed by atoms with Gasteiger partial charge in [-0.25, -0.2) is 4.79 Å². The number of urea groups is 1. The second-order valence-electron chi connectivity index (χ2n) is 9.43. The lowest BCUT2D eigenvalue weighted by atomic mass is 9.86. The molecule has 6 heteroatoms. The van der Waals surface area contributed by atoms with Crippen molar-refractivity contribution in [1.29, 1.82) is 0 Å². The fraction of sp³-hybridized carbons (Fsp3) is 0.214. The lowest BCUT2D eigenvalue weighted by Gasteiger charge is -2.21. The SMILES string of the molecule is CC(C)(C)c1ccc(CC(NC(=O)Nc2ccc3ccccc3c2)c2ccc(C(N)=O)s2)cc1. The maximum Gasteiger partial charge on any atom is 0.319 e. The third-order valence-electron chi connectivity index (χ3n) is 5.79. The van der Waals surface area contributed by atoms with Gasteiger partial charge < -0.3 is 16.4 Å². The van der Waals surface area contributed by atoms with Gasteiger partial charge in [-0.05, 0) is 58.0 Å². The van der Waals surface area contributed by atoms with Crippen molar-refractivity contribution >= 4 is 39.7 Å². The van der Waals surface area contributed by atoms with Gasteiger partial charge in [-0.1, -0.05) is 75.4 Å². The number of fused-ring (bicyclic) bond motifs is 1. The van der Waals surface area contributed by atoms with Crippen LogP contribution in [0.5, 0.6) is 0 Å². The van der Waals surface area contributed by atoms with Gasteiger partial charge in [-0.15, -0.1) is 11.3 Å². The highest BCUT2D eigenvalue weighted by molar-refractivity contribution is 7.14. The quantitative estimate of drug-likeness (QED) is 0.304. The molecule has 0 spiro atoms. The van der Waals surface area contributed by atoms with Crippen molar-refractivity contribution in [3.05, 3.63) is 99.7 Å². The fourth-order valence-corrected chi connectivity index (χ4v) is 4.78. The molecule has 5 nitrogen and oxygen atoms in total. The lowest BCUT2D eigenvalue weighted by molar-refractivity contribution is 0.100. The molecule has 0 aliphatic rings. The van der Waals surface area contributed by atoms with Gasteiger partial charge in [-0.3, -0.25) is 4.79 Å². The van der Waals surface area contributed by atoms with E-state index in [1.54, 1.807) is 6.07 Å². The van der Waals surface area contributed by atoms with Crippen LogP contribution in [0.2, 0.25) is 0 Å². The second kappa shape index (κ2) is 9.69. The van der Waals surface area contributed by atoms with E-state index in [4.69, 9.17) is 5.73 Å². The molecule has 0 fully saturated rings. The van der Waals surface area contributed by atoms with Gasteiger partial charge in [0.15, 0.2) is 0 Å². The van der Waals surface area contributed by atoms with Gasteiger partial charge >= 0.3 is 6.03 Å². The van der Waals surface area contributed by atoms with Gasteiger partial charge in [0.05, 0.1) is 10.9 Å². The standard InChI is InChI=1S/C28H29N3O2S/c1-28(2,3)21-11-8-18(9-12-21)16-23(24-14-15-25(34-24)26(29)32)31-27(33)30-22-13-10-19-6-4-5-7-20(19)17-22/h4-15,17,23H,16H2,1-3H3,(H2,29,32)(H2,30,31,33). The highest BCUT2D eigenvalue weighted by Crippen LogP contribution is 2.28. The van der Waals surface area contributed by atoms with Crippen LogP contribution >= 0.6 is 11.3 Å². The molecule has 1 aromatic heterocycles. The van der Waals surface area contributed by atoms with E-state index in [0.29, 0.717) is 17.0 Å². The van der Waals surface area contributed by atoms with Crippen LogP contribution in [0.15, 0.2) is 78.9 Å². The molecule has 34 heavy (non-hydrogen) atoms. The van der Waals surface area contributed by atoms with Gasteiger partial charge in [0.25, 0.3) is 5.91 Å². The highest BCUT2D eigenvalue weighted by atomic mass is 32.1. The normalized spacial score (nSPS) is 12.3. The van der Waals surface area contributed by atoms with E-state index < -0.39 is 5.91 Å². The van der Waals surface area contributed by atoms with Crippen molar-refractivity contribution < 1.29 is 9.59 Å². The van der Waals surface area contributed by atoms with Crippen molar-refractivity contribution in [2.24, 2.45) is 5.73 Å². The number of hydrogen-bond donors (Lipinski definition) is 3. The zero-order valence-electron chi connectivity index (χ0n) is 19.6. The summed E-state index contributed by atoms with van der Waals surface area (Å²) in [5.74, 6) is -0.467. The van der Waals surface area contributed by atoms with E-state index in [0.717, 1.165) is 21.2 Å². The summed E-state index contributed by atoms with van der Waals surface area (Å²) < 4.78 is 0. The summed E-state index contributed by atoms with van der Waals surface area (Å²) in [5.41, 5.74) is 8.59. The summed E-state index contributed by atoms with van der Waals surface area (Å²) in [6.45, 7) is 6.54. The summed E-state index contributed by atoms with van der Waals surface area (Å²) in [5, 5.41) is 8.19. The maximum atomic E-state index is 12.9. The second-order valence-corrected chi connectivity index (χ2v) is 10.5. The van der Waals surface area contributed by atoms with Crippen molar-refractivity contribution in [3.63, 3.8) is 0 Å². The van der Waals surface area contributed by atoms with Crippen LogP contribution in [0.1, 0.15) is 52.5 Å². The van der Waals surface area contributed by atoms with Gasteiger partial charge in [0.1, 0.15) is 0 Å². The summed E-state index contributed by atoms with van der Waals surface area (Å²) >= 11 is 1.31. The first-order valence-electron chi connectivity index (χ1n) is 11.2. The molecule has 0 saturated heterocycles. The largest absolute Gasteiger partial charge is 0.365 e. The average Bonchev–Trinajstić information content (AvgIpc) is 3.29. The number of carbonyl (C=O) groups excluding carboxylic acids is 2. The molecule has 0 aliphatic heterocycles. The zero-order valence-corrected chi connectivity index (χ0v) is 20.4. The molecule has 0 bridgehead atoms. The molecule has 174 valence electrons. The van der Waals surface area contributed by atoms with Crippen molar-refractivity contribution in [2.75, 3.05) is 5.32 Å². The van der Waals surface area contributed by atoms with Crippen LogP contribution in [0.3, 0.4) is 0 Å². The minimum absolute atomic E-state index is 0.0695. The summed E-state index contributed by atoms with van der Waals surface area (Å²) in [6, 6.07) is 25.2. The number of amides is 3. The number of thiophene rings is 1. The summed E-state index contributed by atoms with van der Waals surface area (Å²) in [4.78, 5) is 25.9. The van der Waals surface area contributed by atoms with Gasteiger partial charge in [-0.2, -0.15) is 0 Å². The Hall–Kier alpha value is -3.64. The predicted octanol–water partition coefficient (Wildman–Crippen LogP) is 6.40. The Morgan fingerprint density at radius 1 is 0.912 bits per heavy atom. The minimum Gasteiger partial charge on any atom is -0.365 e. The number of benzene rings is 3. The molecule has 4 rings (SSSR count). The first-order valence-corrected chi connectivity index (χ1v) is 12.1. The first kappa shape index (κ1) is 23.5. The van der Waals surface area contributed by atoms with Crippen molar-refractivity contribution in [3.8, 4) is 0 Å². The zero-order chi connectivity index (χ0) is 24.3. The number of hydrogen-bond acceptors (Lipinski definition) is 3. The number of anilines is 1. The smallest absolute Gasteiger partial charge is 0.319 e. The molecule has 4 aromatic rings. The van der Waals surface area contributed by atoms with E-state index in [2.05, 4.69) is 55.7 Å². The molecule has 1 atom stereocenters. The van der Waals surface area contributed by atoms with Crippen LogP contribution in [0.4, 0.5) is 10.5 Å². The molecule has 1 heterocycles. The van der Waals surface area contributed by atoms with Crippen molar-refractivity contribution in [1.82, 2.24) is 5.32 Å². The van der Waals surface area contributed by atoms with Crippen LogP contribution in [0.25, 0.3) is 10.8 Å². The van der Waals surface area contributed by atoms with Crippen LogP contribution in [0, 0.1) is 0 Å². The first-order chi connectivity index (χ1) is 16.2. The molecule has 1 unspecified atom stereocenters. The van der Waals surface area contributed by atoms with Crippen LogP contribution in [-0.4, -0.2) is 11.9 Å². The Labute approximate surface area is 204 Å². The van der Waals surface area contributed by atoms with Gasteiger partial charge in [0, 0.05) is 10.6 Å². The molecule has 0 saturated carbocycles. The molecule has 0 aliphatic carbocycles. The monoisotopic (exact) mass is 471 g/mol. The Morgan fingerprint density at radius 3 is 2.26 bits per heavy atom. The van der Waals surface area contributed by atoms with Crippen LogP contribution < -0.4 is 16.4 Å². The minimum atomic E-state index is -0.467. The lowest BCUT2D eigenvalue weighted by Crippen LogP contribution is -2.33. The Morgan fingerprint density at radius 2 is 1.62 bits per heavy atom. The molecular formula is C28H29N3O2S. The number of nitrogens with two attached hydrogens (primary N) is 1. The third-order valence-corrected chi connectivity index (χ3v) is 7.00. The van der Waals surface area contributed by atoms with Crippen LogP contribution in [-0.2, 0) is 11.8 Å². The van der Waals surface area contributed by atoms with Gasteiger partial charge in [0.2, 0.25) is 0 Å². The number of nitrogens with one attached hydrogen (secondary N) is 2. The maximum absolute atomic E-state index is 12.9. The molecule has 4 N–H and O–H groups in total. The number of carbonyl (C=O) groups is 2. The predicted molar refractivity (Wildman–Crippen MR) is 141 cm³/mol. The summed E-state index contributed by atoms with van der Waals surface area (Å²) in [6.07, 6.45) is 0.592. The average molecular weight is 472 g/mol. The van der Waals surface area contributed by atoms with Crippen molar-refractivity contribution in [2.45, 2.75) is 38.6 Å². The topological polar surface area (TPSA) is 84.2 Å². The van der Waals surface area contributed by atoms with E-state index in [1.165, 1.54) is 16.9 Å². The number of primary amides is 1. The molecule has 0 radical (unpaired) electrons. The third kappa shape index (κ3) is 5.64. The molecular weight excluding hydrogens is 442 g/mol. The Bertz CT molecular complexity index is 1320. The van der Waals surface area contributed by atoms with E-state index >= 15 is 0 Å². The Kier molecular flexibility index (Phi) is 6.70. The highest BCUT2D eigenvalue weighted by Gasteiger charge is 2.20. The Balaban J connectivity index is 1.54. The molecule has 3 amide bonds. The van der Waals surface area contributed by atoms with E-state index in [9.17, 15) is 9.59 Å².